The first kappa shape index (κ1) is 20.7. The quantitative estimate of drug-likeness (QED) is 0.289. The second kappa shape index (κ2) is 11.2. The second-order valence-corrected chi connectivity index (χ2v) is 3.38. The molecule has 5 unspecified atom stereocenters. The minimum atomic E-state index is -1.31. The van der Waals surface area contributed by atoms with Gasteiger partial charge in [-0.25, -0.2) is 0 Å². The van der Waals surface area contributed by atoms with Crippen molar-refractivity contribution in [3.8, 4) is 0 Å². The van der Waals surface area contributed by atoms with Crippen molar-refractivity contribution in [1.82, 2.24) is 0 Å². The maximum atomic E-state index is 9.33. The van der Waals surface area contributed by atoms with Crippen LogP contribution >= 0.6 is 0 Å². The Morgan fingerprint density at radius 3 is 1.53 bits per heavy atom. The molecule has 19 heavy (non-hydrogen) atoms. The van der Waals surface area contributed by atoms with Gasteiger partial charge in [0.05, 0.1) is 19.8 Å². The molecule has 0 aromatic rings. The van der Waals surface area contributed by atoms with E-state index in [1.807, 2.05) is 0 Å². The Morgan fingerprint density at radius 2 is 1.37 bits per heavy atom. The fraction of sp³-hybridized carbons (Fsp3) is 0.900. The van der Waals surface area contributed by atoms with Crippen LogP contribution in [-0.2, 0) is 14.3 Å². The molecule has 1 fully saturated rings. The van der Waals surface area contributed by atoms with Crippen LogP contribution in [0.25, 0.3) is 0 Å². The highest BCUT2D eigenvalue weighted by molar-refractivity contribution is 5.55. The minimum Gasteiger partial charge on any atom is -0.393 e. The van der Waals surface area contributed by atoms with E-state index in [1.54, 1.807) is 0 Å². The van der Waals surface area contributed by atoms with Gasteiger partial charge in [-0.1, -0.05) is 7.43 Å². The van der Waals surface area contributed by atoms with Crippen molar-refractivity contribution in [1.29, 1.82) is 0 Å². The van der Waals surface area contributed by atoms with Gasteiger partial charge in [-0.15, -0.1) is 0 Å². The van der Waals surface area contributed by atoms with Gasteiger partial charge in [0.15, 0.2) is 18.9 Å². The van der Waals surface area contributed by atoms with E-state index in [1.165, 1.54) is 0 Å². The molecule has 0 aliphatic carbocycles. The van der Waals surface area contributed by atoms with E-state index in [9.17, 15) is 4.79 Å². The summed E-state index contributed by atoms with van der Waals surface area (Å²) in [4.78, 5) is 9.33. The number of carbonyl (C=O) groups is 1. The van der Waals surface area contributed by atoms with E-state index in [0.29, 0.717) is 0 Å². The smallest absolute Gasteiger partial charge is 0.184 e. The van der Waals surface area contributed by atoms with Crippen LogP contribution in [0.1, 0.15) is 7.43 Å². The van der Waals surface area contributed by atoms with Crippen LogP contribution < -0.4 is 0 Å². The number of hydrogen-bond acceptors (Lipinski definition) is 9. The molecular weight excluding hydrogens is 264 g/mol. The Bertz CT molecular complexity index is 209. The summed E-state index contributed by atoms with van der Waals surface area (Å²) < 4.78 is 9.44. The van der Waals surface area contributed by atoms with Gasteiger partial charge in [0.1, 0.15) is 18.3 Å². The van der Waals surface area contributed by atoms with Crippen molar-refractivity contribution in [2.45, 2.75) is 38.3 Å². The fourth-order valence-electron chi connectivity index (χ4n) is 0.977. The summed E-state index contributed by atoms with van der Waals surface area (Å²) in [5, 5.41) is 51.2. The zero-order chi connectivity index (χ0) is 14.1. The molecular formula is C10H22O9. The maximum Gasteiger partial charge on any atom is 0.184 e. The van der Waals surface area contributed by atoms with Crippen molar-refractivity contribution in [2.75, 3.05) is 19.8 Å². The van der Waals surface area contributed by atoms with Crippen LogP contribution in [0.15, 0.2) is 0 Å². The summed E-state index contributed by atoms with van der Waals surface area (Å²) in [6.45, 7) is -1.38. The third-order valence-electron chi connectivity index (χ3n) is 1.97. The average molecular weight is 286 g/mol. The standard InChI is InChI=1S/C6H12O6.C3H6O3.CH4/c7-1-3-5(9)12-4(2-8)6(10)11-3;4-1-3(6)2-5;/h3-10H,1-2H2;1,3,5-6H,2H2;1H4. The molecule has 9 heteroatoms. The summed E-state index contributed by atoms with van der Waals surface area (Å²) in [6.07, 6.45) is -5.44. The molecule has 0 aromatic heterocycles. The first-order valence-electron chi connectivity index (χ1n) is 5.13. The van der Waals surface area contributed by atoms with Gasteiger partial charge in [-0.2, -0.15) is 0 Å². The summed E-state index contributed by atoms with van der Waals surface area (Å²) in [5.74, 6) is 0. The van der Waals surface area contributed by atoms with Crippen molar-refractivity contribution >= 4 is 6.29 Å². The van der Waals surface area contributed by atoms with Crippen LogP contribution in [0.4, 0.5) is 0 Å². The Labute approximate surface area is 110 Å². The summed E-state index contributed by atoms with van der Waals surface area (Å²) in [5.41, 5.74) is 0. The van der Waals surface area contributed by atoms with Crippen molar-refractivity contribution < 1.29 is 44.9 Å². The Morgan fingerprint density at radius 1 is 1.00 bits per heavy atom. The van der Waals surface area contributed by atoms with Gasteiger partial charge < -0.3 is 44.9 Å². The van der Waals surface area contributed by atoms with Crippen molar-refractivity contribution in [3.05, 3.63) is 0 Å². The lowest BCUT2D eigenvalue weighted by molar-refractivity contribution is -0.338. The Balaban J connectivity index is 0. The van der Waals surface area contributed by atoms with E-state index >= 15 is 0 Å². The third-order valence-corrected chi connectivity index (χ3v) is 1.97. The second-order valence-electron chi connectivity index (χ2n) is 3.38. The molecule has 0 radical (unpaired) electrons. The number of aldehydes is 1. The first-order chi connectivity index (χ1) is 8.49. The van der Waals surface area contributed by atoms with E-state index in [0.717, 1.165) is 0 Å². The van der Waals surface area contributed by atoms with E-state index < -0.39 is 50.7 Å². The molecule has 0 spiro atoms. The molecule has 1 heterocycles. The highest BCUT2D eigenvalue weighted by Gasteiger charge is 2.36. The normalized spacial score (nSPS) is 31.5. The molecule has 116 valence electrons. The van der Waals surface area contributed by atoms with Crippen LogP contribution in [0, 0.1) is 0 Å². The monoisotopic (exact) mass is 286 g/mol. The van der Waals surface area contributed by atoms with Crippen LogP contribution in [0.3, 0.4) is 0 Å². The Hall–Kier alpha value is -0.650. The Kier molecular flexibility index (Phi) is 12.2. The van der Waals surface area contributed by atoms with E-state index in [-0.39, 0.29) is 13.7 Å². The van der Waals surface area contributed by atoms with E-state index in [2.05, 4.69) is 0 Å². The molecule has 1 saturated heterocycles. The highest BCUT2D eigenvalue weighted by Crippen LogP contribution is 2.16. The third kappa shape index (κ3) is 7.50. The number of rotatable bonds is 4. The molecule has 1 aliphatic rings. The van der Waals surface area contributed by atoms with Crippen LogP contribution in [-0.4, -0.2) is 87.6 Å². The topological polar surface area (TPSA) is 157 Å². The van der Waals surface area contributed by atoms with Gasteiger partial charge in [0, 0.05) is 0 Å². The molecule has 0 saturated carbocycles. The molecule has 5 atom stereocenters. The number of aliphatic hydroxyl groups excluding tert-OH is 6. The van der Waals surface area contributed by atoms with Crippen molar-refractivity contribution in [2.24, 2.45) is 0 Å². The van der Waals surface area contributed by atoms with Gasteiger partial charge in [0.2, 0.25) is 0 Å². The predicted molar refractivity (Wildman–Crippen MR) is 61.8 cm³/mol. The lowest BCUT2D eigenvalue weighted by Gasteiger charge is -2.35. The van der Waals surface area contributed by atoms with Crippen LogP contribution in [0.2, 0.25) is 0 Å². The van der Waals surface area contributed by atoms with Crippen molar-refractivity contribution in [3.63, 3.8) is 0 Å². The fourth-order valence-corrected chi connectivity index (χ4v) is 0.977. The zero-order valence-corrected chi connectivity index (χ0v) is 9.49. The molecule has 0 amide bonds. The zero-order valence-electron chi connectivity index (χ0n) is 9.49. The van der Waals surface area contributed by atoms with E-state index in [4.69, 9.17) is 40.1 Å². The minimum absolute atomic E-state index is 0. The highest BCUT2D eigenvalue weighted by atomic mass is 16.7. The number of ether oxygens (including phenoxy) is 2. The lowest BCUT2D eigenvalue weighted by atomic mass is 10.2. The maximum absolute atomic E-state index is 9.33. The molecule has 0 aromatic carbocycles. The summed E-state index contributed by atoms with van der Waals surface area (Å²) in [7, 11) is 0. The summed E-state index contributed by atoms with van der Waals surface area (Å²) in [6, 6.07) is 0. The SMILES string of the molecule is C.O=CC(O)CO.OCC1OC(O)C(CO)OC1O. The number of aliphatic hydroxyl groups is 6. The van der Waals surface area contributed by atoms with Gasteiger partial charge in [-0.05, 0) is 0 Å². The van der Waals surface area contributed by atoms with Gasteiger partial charge in [0.25, 0.3) is 0 Å². The first-order valence-corrected chi connectivity index (χ1v) is 5.13. The van der Waals surface area contributed by atoms with Gasteiger partial charge in [-0.3, -0.25) is 0 Å². The lowest BCUT2D eigenvalue weighted by Crippen LogP contribution is -2.51. The number of carbonyl (C=O) groups excluding carboxylic acids is 1. The van der Waals surface area contributed by atoms with Crippen LogP contribution in [0.5, 0.6) is 0 Å². The average Bonchev–Trinajstić information content (AvgIpc) is 2.40. The molecule has 0 bridgehead atoms. The largest absolute Gasteiger partial charge is 0.393 e. The summed E-state index contributed by atoms with van der Waals surface area (Å²) >= 11 is 0. The van der Waals surface area contributed by atoms with Gasteiger partial charge >= 0.3 is 0 Å². The molecule has 1 rings (SSSR count). The molecule has 6 N–H and O–H groups in total. The number of hydrogen-bond donors (Lipinski definition) is 6. The molecule has 1 aliphatic heterocycles. The predicted octanol–water partition coefficient (Wildman–Crippen LogP) is -3.43. The molecule has 9 nitrogen and oxygen atoms in total.